The summed E-state index contributed by atoms with van der Waals surface area (Å²) < 4.78 is 25.0. The largest absolute Gasteiger partial charge is 0.497 e. The third-order valence-corrected chi connectivity index (χ3v) is 4.87. The van der Waals surface area contributed by atoms with Crippen LogP contribution in [0, 0.1) is 5.82 Å². The lowest BCUT2D eigenvalue weighted by Gasteiger charge is -2.22. The highest BCUT2D eigenvalue weighted by molar-refractivity contribution is 6.33. The molecule has 24 heavy (non-hydrogen) atoms. The Balaban J connectivity index is 1.91. The van der Waals surface area contributed by atoms with E-state index in [9.17, 15) is 4.39 Å². The van der Waals surface area contributed by atoms with E-state index in [1.165, 1.54) is 0 Å². The minimum Gasteiger partial charge on any atom is -0.497 e. The second-order valence-electron chi connectivity index (χ2n) is 5.70. The van der Waals surface area contributed by atoms with Gasteiger partial charge in [-0.2, -0.15) is 0 Å². The first kappa shape index (κ1) is 17.3. The summed E-state index contributed by atoms with van der Waals surface area (Å²) in [6, 6.07) is 5.52. The Morgan fingerprint density at radius 3 is 2.38 bits per heavy atom. The molecule has 1 aromatic carbocycles. The van der Waals surface area contributed by atoms with Gasteiger partial charge in [-0.25, -0.2) is 9.37 Å². The highest BCUT2D eigenvalue weighted by atomic mass is 35.5. The fraction of sp³-hybridized carbons (Fsp3) is 0.353. The molecule has 0 saturated heterocycles. The van der Waals surface area contributed by atoms with Crippen LogP contribution in [-0.4, -0.2) is 24.1 Å². The van der Waals surface area contributed by atoms with Gasteiger partial charge in [0.2, 0.25) is 0 Å². The molecule has 1 unspecified atom stereocenters. The monoisotopic (exact) mass is 370 g/mol. The van der Waals surface area contributed by atoms with Gasteiger partial charge in [-0.3, -0.25) is 4.90 Å². The molecular formula is C17H17Cl2FN2O2. The summed E-state index contributed by atoms with van der Waals surface area (Å²) in [7, 11) is 3.21. The fourth-order valence-corrected chi connectivity index (χ4v) is 3.53. The molecule has 0 aliphatic carbocycles. The summed E-state index contributed by atoms with van der Waals surface area (Å²) in [5, 5.41) is 0.0736. The minimum absolute atomic E-state index is 0.157. The van der Waals surface area contributed by atoms with Crippen LogP contribution in [-0.2, 0) is 13.1 Å². The molecule has 0 radical (unpaired) electrons. The van der Waals surface area contributed by atoms with E-state index in [1.807, 2.05) is 25.1 Å². The van der Waals surface area contributed by atoms with Crippen molar-refractivity contribution < 1.29 is 13.9 Å². The first-order chi connectivity index (χ1) is 11.4. The van der Waals surface area contributed by atoms with Crippen molar-refractivity contribution in [2.45, 2.75) is 26.1 Å². The van der Waals surface area contributed by atoms with Crippen LogP contribution in [0.3, 0.4) is 0 Å². The molecule has 1 aliphatic heterocycles. The van der Waals surface area contributed by atoms with Gasteiger partial charge in [0.15, 0.2) is 11.0 Å². The van der Waals surface area contributed by atoms with Crippen molar-refractivity contribution in [1.82, 2.24) is 9.88 Å². The van der Waals surface area contributed by atoms with Gasteiger partial charge >= 0.3 is 0 Å². The molecule has 2 heterocycles. The maximum Gasteiger partial charge on any atom is 0.166 e. The number of nitrogens with zero attached hydrogens (tertiary/aromatic N) is 2. The van der Waals surface area contributed by atoms with Gasteiger partial charge in [-0.15, -0.1) is 0 Å². The SMILES string of the molecule is COc1cc(CN2Cc3c(Cl)nc(Cl)c(F)c3C2C)cc(OC)c1. The highest BCUT2D eigenvalue weighted by Gasteiger charge is 2.33. The van der Waals surface area contributed by atoms with Gasteiger partial charge < -0.3 is 9.47 Å². The molecule has 0 saturated carbocycles. The normalized spacial score (nSPS) is 17.0. The molecule has 7 heteroatoms. The number of rotatable bonds is 4. The zero-order chi connectivity index (χ0) is 17.4. The Morgan fingerprint density at radius 1 is 1.17 bits per heavy atom. The summed E-state index contributed by atoms with van der Waals surface area (Å²) in [5.74, 6) is 0.930. The van der Waals surface area contributed by atoms with Gasteiger partial charge in [0, 0.05) is 36.3 Å². The van der Waals surface area contributed by atoms with Crippen molar-refractivity contribution in [3.8, 4) is 11.5 Å². The molecule has 2 aromatic rings. The van der Waals surface area contributed by atoms with Crippen molar-refractivity contribution >= 4 is 23.2 Å². The third-order valence-electron chi connectivity index (χ3n) is 4.31. The van der Waals surface area contributed by atoms with Crippen molar-refractivity contribution in [2.75, 3.05) is 14.2 Å². The van der Waals surface area contributed by atoms with E-state index < -0.39 is 5.82 Å². The Hall–Kier alpha value is -1.56. The maximum atomic E-state index is 14.4. The number of benzene rings is 1. The lowest BCUT2D eigenvalue weighted by molar-refractivity contribution is 0.217. The Labute approximate surface area is 150 Å². The second-order valence-corrected chi connectivity index (χ2v) is 6.42. The standard InChI is InChI=1S/C17H17Cl2FN2O2/c1-9-14-13(16(18)21-17(19)15(14)20)8-22(9)7-10-4-11(23-2)6-12(5-10)24-3/h4-6,9H,7-8H2,1-3H3. The molecule has 4 nitrogen and oxygen atoms in total. The van der Waals surface area contributed by atoms with E-state index in [0.717, 1.165) is 5.56 Å². The molecule has 1 aliphatic rings. The number of methoxy groups -OCH3 is 2. The molecule has 1 aromatic heterocycles. The van der Waals surface area contributed by atoms with Gasteiger partial charge in [0.25, 0.3) is 0 Å². The third kappa shape index (κ3) is 3.04. The number of pyridine rings is 1. The van der Waals surface area contributed by atoms with Crippen LogP contribution in [0.5, 0.6) is 11.5 Å². The van der Waals surface area contributed by atoms with Crippen LogP contribution >= 0.6 is 23.2 Å². The quantitative estimate of drug-likeness (QED) is 0.735. The fourth-order valence-electron chi connectivity index (χ4n) is 3.05. The van der Waals surface area contributed by atoms with Gasteiger partial charge in [0.1, 0.15) is 16.7 Å². The number of hydrogen-bond donors (Lipinski definition) is 0. The zero-order valence-electron chi connectivity index (χ0n) is 13.6. The van der Waals surface area contributed by atoms with Crippen LogP contribution in [0.2, 0.25) is 10.3 Å². The lowest BCUT2D eigenvalue weighted by atomic mass is 10.1. The summed E-state index contributed by atoms with van der Waals surface area (Å²) >= 11 is 12.0. The molecule has 0 N–H and O–H groups in total. The van der Waals surface area contributed by atoms with Crippen LogP contribution in [0.25, 0.3) is 0 Å². The average Bonchev–Trinajstić information content (AvgIpc) is 2.89. The van der Waals surface area contributed by atoms with E-state index in [4.69, 9.17) is 32.7 Å². The number of halogens is 3. The predicted molar refractivity (Wildman–Crippen MR) is 91.4 cm³/mol. The molecule has 3 rings (SSSR count). The van der Waals surface area contributed by atoms with E-state index >= 15 is 0 Å². The van der Waals surface area contributed by atoms with E-state index in [-0.39, 0.29) is 16.3 Å². The molecule has 0 spiro atoms. The summed E-state index contributed by atoms with van der Waals surface area (Å²) in [5.41, 5.74) is 2.22. The van der Waals surface area contributed by atoms with Gasteiger partial charge in [-0.05, 0) is 24.6 Å². The maximum absolute atomic E-state index is 14.4. The molecular weight excluding hydrogens is 354 g/mol. The van der Waals surface area contributed by atoms with Gasteiger partial charge in [0.05, 0.1) is 14.2 Å². The Kier molecular flexibility index (Phi) is 4.85. The van der Waals surface area contributed by atoms with Crippen molar-refractivity contribution in [3.63, 3.8) is 0 Å². The molecule has 128 valence electrons. The Morgan fingerprint density at radius 2 is 1.79 bits per heavy atom. The number of ether oxygens (including phenoxy) is 2. The summed E-state index contributed by atoms with van der Waals surface area (Å²) in [6.07, 6.45) is 0. The second kappa shape index (κ2) is 6.75. The number of aromatic nitrogens is 1. The van der Waals surface area contributed by atoms with Crippen molar-refractivity contribution in [1.29, 1.82) is 0 Å². The molecule has 1 atom stereocenters. The van der Waals surface area contributed by atoms with Crippen LogP contribution in [0.1, 0.15) is 29.7 Å². The van der Waals surface area contributed by atoms with Crippen LogP contribution in [0.4, 0.5) is 4.39 Å². The molecule has 0 fully saturated rings. The number of hydrogen-bond acceptors (Lipinski definition) is 4. The predicted octanol–water partition coefficient (Wildman–Crippen LogP) is 4.62. The smallest absolute Gasteiger partial charge is 0.166 e. The molecule has 0 bridgehead atoms. The average molecular weight is 371 g/mol. The van der Waals surface area contributed by atoms with Gasteiger partial charge in [-0.1, -0.05) is 23.2 Å². The topological polar surface area (TPSA) is 34.6 Å². The first-order valence-corrected chi connectivity index (χ1v) is 8.19. The van der Waals surface area contributed by atoms with E-state index in [0.29, 0.717) is 35.7 Å². The van der Waals surface area contributed by atoms with E-state index in [2.05, 4.69) is 9.88 Å². The van der Waals surface area contributed by atoms with Crippen LogP contribution in [0.15, 0.2) is 18.2 Å². The Bertz CT molecular complexity index is 763. The van der Waals surface area contributed by atoms with E-state index in [1.54, 1.807) is 14.2 Å². The highest BCUT2D eigenvalue weighted by Crippen LogP contribution is 2.41. The summed E-state index contributed by atoms with van der Waals surface area (Å²) in [6.45, 7) is 3.03. The first-order valence-electron chi connectivity index (χ1n) is 7.43. The van der Waals surface area contributed by atoms with Crippen molar-refractivity contribution in [3.05, 3.63) is 51.0 Å². The minimum atomic E-state index is -0.491. The molecule has 0 amide bonds. The summed E-state index contributed by atoms with van der Waals surface area (Å²) in [4.78, 5) is 5.97. The lowest BCUT2D eigenvalue weighted by Crippen LogP contribution is -2.20. The number of fused-ring (bicyclic) bond motifs is 1. The van der Waals surface area contributed by atoms with Crippen LogP contribution < -0.4 is 9.47 Å². The zero-order valence-corrected chi connectivity index (χ0v) is 15.1. The van der Waals surface area contributed by atoms with Crippen molar-refractivity contribution in [2.24, 2.45) is 0 Å².